The van der Waals surface area contributed by atoms with Gasteiger partial charge in [-0.1, -0.05) is 0 Å². The van der Waals surface area contributed by atoms with Crippen LogP contribution in [0.5, 0.6) is 0 Å². The van der Waals surface area contributed by atoms with Crippen molar-refractivity contribution < 1.29 is 0 Å². The third kappa shape index (κ3) is 1.85. The van der Waals surface area contributed by atoms with Crippen LogP contribution in [-0.4, -0.2) is 11.5 Å². The fourth-order valence-corrected chi connectivity index (χ4v) is 2.46. The molecule has 0 saturated heterocycles. The summed E-state index contributed by atoms with van der Waals surface area (Å²) < 4.78 is 1.00. The summed E-state index contributed by atoms with van der Waals surface area (Å²) >= 11 is 3.53. The molecule has 0 aliphatic rings. The minimum atomic E-state index is 0.687. The Labute approximate surface area is 103 Å². The number of fused-ring (bicyclic) bond motifs is 1. The van der Waals surface area contributed by atoms with Gasteiger partial charge in [0.05, 0.1) is 23.1 Å². The van der Waals surface area contributed by atoms with Crippen LogP contribution >= 0.6 is 15.9 Å². The summed E-state index contributed by atoms with van der Waals surface area (Å²) in [6.45, 7) is 4.95. The van der Waals surface area contributed by atoms with E-state index in [4.69, 9.17) is 5.73 Å². The maximum absolute atomic E-state index is 5.93. The number of pyridine rings is 1. The Kier molecular flexibility index (Phi) is 3.01. The molecule has 0 spiro atoms. The molecule has 0 radical (unpaired) electrons. The van der Waals surface area contributed by atoms with Crippen LogP contribution in [0.1, 0.15) is 12.5 Å². The van der Waals surface area contributed by atoms with Crippen LogP contribution in [0.4, 0.5) is 11.4 Å². The Hall–Kier alpha value is -1.29. The quantitative estimate of drug-likeness (QED) is 0.887. The van der Waals surface area contributed by atoms with Gasteiger partial charge >= 0.3 is 0 Å². The van der Waals surface area contributed by atoms with Gasteiger partial charge in [-0.05, 0) is 47.5 Å². The molecule has 84 valence electrons. The van der Waals surface area contributed by atoms with E-state index in [2.05, 4.69) is 52.2 Å². The zero-order chi connectivity index (χ0) is 11.7. The molecule has 0 atom stereocenters. The van der Waals surface area contributed by atoms with E-state index in [9.17, 15) is 0 Å². The van der Waals surface area contributed by atoms with Crippen LogP contribution in [0.15, 0.2) is 22.8 Å². The highest BCUT2D eigenvalue weighted by atomic mass is 79.9. The van der Waals surface area contributed by atoms with Crippen molar-refractivity contribution in [1.82, 2.24) is 4.98 Å². The van der Waals surface area contributed by atoms with E-state index in [0.717, 1.165) is 27.6 Å². The predicted octanol–water partition coefficient (Wildman–Crippen LogP) is 3.32. The van der Waals surface area contributed by atoms with E-state index < -0.39 is 0 Å². The smallest absolute Gasteiger partial charge is 0.0866 e. The number of aryl methyl sites for hydroxylation is 1. The van der Waals surface area contributed by atoms with Gasteiger partial charge in [-0.2, -0.15) is 0 Å². The SMILES string of the molecule is CCNc1c(N)cnc2c(Br)cc(C)cc12. The molecule has 0 bridgehead atoms. The lowest BCUT2D eigenvalue weighted by Crippen LogP contribution is -2.03. The van der Waals surface area contributed by atoms with Crippen molar-refractivity contribution in [2.24, 2.45) is 0 Å². The zero-order valence-electron chi connectivity index (χ0n) is 9.34. The number of rotatable bonds is 2. The van der Waals surface area contributed by atoms with Crippen molar-refractivity contribution in [3.05, 3.63) is 28.4 Å². The van der Waals surface area contributed by atoms with Crippen molar-refractivity contribution in [3.8, 4) is 0 Å². The summed E-state index contributed by atoms with van der Waals surface area (Å²) in [6.07, 6.45) is 1.69. The summed E-state index contributed by atoms with van der Waals surface area (Å²) in [6, 6.07) is 4.16. The third-order valence-corrected chi connectivity index (χ3v) is 3.06. The first kappa shape index (κ1) is 11.2. The normalized spacial score (nSPS) is 10.7. The average molecular weight is 280 g/mol. The standard InChI is InChI=1S/C12H14BrN3/c1-3-15-12-8-4-7(2)5-9(13)11(8)16-6-10(12)14/h4-6H,3,14H2,1-2H3,(H,15,16). The van der Waals surface area contributed by atoms with Crippen LogP contribution in [0.2, 0.25) is 0 Å². The van der Waals surface area contributed by atoms with E-state index >= 15 is 0 Å². The van der Waals surface area contributed by atoms with Crippen molar-refractivity contribution in [2.45, 2.75) is 13.8 Å². The molecule has 0 amide bonds. The number of hydrogen-bond donors (Lipinski definition) is 2. The molecule has 4 heteroatoms. The minimum Gasteiger partial charge on any atom is -0.396 e. The summed E-state index contributed by atoms with van der Waals surface area (Å²) in [5.41, 5.74) is 9.72. The number of nitrogens with zero attached hydrogens (tertiary/aromatic N) is 1. The van der Waals surface area contributed by atoms with Gasteiger partial charge in [0.15, 0.2) is 0 Å². The monoisotopic (exact) mass is 279 g/mol. The lowest BCUT2D eigenvalue weighted by atomic mass is 10.1. The molecule has 16 heavy (non-hydrogen) atoms. The van der Waals surface area contributed by atoms with Gasteiger partial charge in [0.1, 0.15) is 0 Å². The van der Waals surface area contributed by atoms with Crippen molar-refractivity contribution >= 4 is 38.2 Å². The first-order valence-electron chi connectivity index (χ1n) is 5.21. The zero-order valence-corrected chi connectivity index (χ0v) is 10.9. The highest BCUT2D eigenvalue weighted by Crippen LogP contribution is 2.32. The van der Waals surface area contributed by atoms with Gasteiger partial charge in [0.2, 0.25) is 0 Å². The molecule has 0 aliphatic heterocycles. The second-order valence-electron chi connectivity index (χ2n) is 3.76. The van der Waals surface area contributed by atoms with Gasteiger partial charge < -0.3 is 11.1 Å². The Bertz CT molecular complexity index is 537. The molecule has 0 unspecified atom stereocenters. The Balaban J connectivity index is 2.80. The van der Waals surface area contributed by atoms with Crippen LogP contribution in [0.3, 0.4) is 0 Å². The molecular weight excluding hydrogens is 266 g/mol. The second kappa shape index (κ2) is 4.29. The highest BCUT2D eigenvalue weighted by Gasteiger charge is 2.08. The molecular formula is C12H14BrN3. The fraction of sp³-hybridized carbons (Fsp3) is 0.250. The molecule has 0 fully saturated rings. The maximum atomic E-state index is 5.93. The predicted molar refractivity (Wildman–Crippen MR) is 72.8 cm³/mol. The first-order valence-corrected chi connectivity index (χ1v) is 6.01. The molecule has 2 rings (SSSR count). The summed E-state index contributed by atoms with van der Waals surface area (Å²) in [7, 11) is 0. The topological polar surface area (TPSA) is 50.9 Å². The second-order valence-corrected chi connectivity index (χ2v) is 4.62. The van der Waals surface area contributed by atoms with Gasteiger partial charge in [-0.25, -0.2) is 0 Å². The Morgan fingerprint density at radius 2 is 2.19 bits per heavy atom. The van der Waals surface area contributed by atoms with Gasteiger partial charge in [-0.15, -0.1) is 0 Å². The van der Waals surface area contributed by atoms with Crippen LogP contribution in [-0.2, 0) is 0 Å². The molecule has 2 aromatic rings. The molecule has 1 aromatic carbocycles. The summed E-state index contributed by atoms with van der Waals surface area (Å²) in [5, 5.41) is 4.35. The van der Waals surface area contributed by atoms with Crippen molar-refractivity contribution in [2.75, 3.05) is 17.6 Å². The number of halogens is 1. The highest BCUT2D eigenvalue weighted by molar-refractivity contribution is 9.10. The number of nitrogens with two attached hydrogens (primary N) is 1. The van der Waals surface area contributed by atoms with E-state index in [1.165, 1.54) is 5.56 Å². The van der Waals surface area contributed by atoms with Crippen LogP contribution in [0.25, 0.3) is 10.9 Å². The molecule has 0 saturated carbocycles. The van der Waals surface area contributed by atoms with Gasteiger partial charge in [-0.3, -0.25) is 4.98 Å². The van der Waals surface area contributed by atoms with Crippen LogP contribution in [0, 0.1) is 6.92 Å². The summed E-state index contributed by atoms with van der Waals surface area (Å²) in [5.74, 6) is 0. The number of benzene rings is 1. The van der Waals surface area contributed by atoms with Crippen molar-refractivity contribution in [3.63, 3.8) is 0 Å². The number of nitrogens with one attached hydrogen (secondary N) is 1. The maximum Gasteiger partial charge on any atom is 0.0866 e. The first-order chi connectivity index (χ1) is 7.63. The minimum absolute atomic E-state index is 0.687. The van der Waals surface area contributed by atoms with Gasteiger partial charge in [0, 0.05) is 16.4 Å². The number of anilines is 2. The molecule has 3 N–H and O–H groups in total. The molecule has 3 nitrogen and oxygen atoms in total. The molecule has 1 heterocycles. The lowest BCUT2D eigenvalue weighted by molar-refractivity contribution is 1.21. The average Bonchev–Trinajstić information content (AvgIpc) is 2.22. The fourth-order valence-electron chi connectivity index (χ4n) is 1.78. The van der Waals surface area contributed by atoms with Crippen LogP contribution < -0.4 is 11.1 Å². The number of nitrogen functional groups attached to an aromatic ring is 1. The lowest BCUT2D eigenvalue weighted by Gasteiger charge is -2.12. The third-order valence-electron chi connectivity index (χ3n) is 2.45. The molecule has 0 aliphatic carbocycles. The number of hydrogen-bond acceptors (Lipinski definition) is 3. The Morgan fingerprint density at radius 3 is 2.88 bits per heavy atom. The Morgan fingerprint density at radius 1 is 1.44 bits per heavy atom. The largest absolute Gasteiger partial charge is 0.396 e. The van der Waals surface area contributed by atoms with E-state index in [-0.39, 0.29) is 0 Å². The van der Waals surface area contributed by atoms with E-state index in [0.29, 0.717) is 5.69 Å². The van der Waals surface area contributed by atoms with E-state index in [1.807, 2.05) is 0 Å². The van der Waals surface area contributed by atoms with E-state index in [1.54, 1.807) is 6.20 Å². The number of aromatic nitrogens is 1. The summed E-state index contributed by atoms with van der Waals surface area (Å²) in [4.78, 5) is 4.35. The van der Waals surface area contributed by atoms with Gasteiger partial charge in [0.25, 0.3) is 0 Å². The molecule has 1 aromatic heterocycles. The van der Waals surface area contributed by atoms with Crippen molar-refractivity contribution in [1.29, 1.82) is 0 Å².